The maximum atomic E-state index is 9.23. The monoisotopic (exact) mass is 242 g/mol. The summed E-state index contributed by atoms with van der Waals surface area (Å²) in [6.07, 6.45) is 7.04. The standard InChI is InChI=1S/C14H18N4/c15-10-12-9-11-5-4-6-13(11)16-14(12)17-18-7-2-1-3-8-18/h9H,1-8H2,(H,16,17). The predicted octanol–water partition coefficient (Wildman–Crippen LogP) is 2.25. The van der Waals surface area contributed by atoms with Gasteiger partial charge in [-0.15, -0.1) is 0 Å². The van der Waals surface area contributed by atoms with Gasteiger partial charge in [0.15, 0.2) is 5.82 Å². The second-order valence-corrected chi connectivity index (χ2v) is 5.12. The molecule has 3 rings (SSSR count). The van der Waals surface area contributed by atoms with Crippen LogP contribution in [0.25, 0.3) is 0 Å². The first kappa shape index (κ1) is 11.5. The molecule has 0 radical (unpaired) electrons. The van der Waals surface area contributed by atoms with E-state index in [1.807, 2.05) is 6.07 Å². The molecule has 0 spiro atoms. The Bertz CT molecular complexity index is 483. The summed E-state index contributed by atoms with van der Waals surface area (Å²) in [7, 11) is 0. The first-order valence-electron chi connectivity index (χ1n) is 6.81. The Labute approximate surface area is 108 Å². The molecule has 1 aliphatic carbocycles. The van der Waals surface area contributed by atoms with Crippen molar-refractivity contribution in [2.45, 2.75) is 38.5 Å². The number of fused-ring (bicyclic) bond motifs is 1. The SMILES string of the molecule is N#Cc1cc2c(nc1NN1CCCCC1)CCC2. The molecule has 0 aromatic carbocycles. The first-order valence-corrected chi connectivity index (χ1v) is 6.81. The highest BCUT2D eigenvalue weighted by Gasteiger charge is 2.18. The van der Waals surface area contributed by atoms with Crippen LogP contribution in [-0.4, -0.2) is 23.1 Å². The zero-order valence-electron chi connectivity index (χ0n) is 10.6. The van der Waals surface area contributed by atoms with Crippen LogP contribution in [0.1, 0.15) is 42.5 Å². The Morgan fingerprint density at radius 3 is 2.78 bits per heavy atom. The molecule has 0 saturated carbocycles. The Hall–Kier alpha value is -1.60. The lowest BCUT2D eigenvalue weighted by Gasteiger charge is -2.27. The molecular weight excluding hydrogens is 224 g/mol. The average molecular weight is 242 g/mol. The summed E-state index contributed by atoms with van der Waals surface area (Å²) in [5, 5.41) is 11.4. The molecule has 1 aromatic heterocycles. The molecule has 1 saturated heterocycles. The number of aryl methyl sites for hydroxylation is 2. The van der Waals surface area contributed by atoms with Gasteiger partial charge >= 0.3 is 0 Å². The molecule has 0 bridgehead atoms. The molecule has 94 valence electrons. The largest absolute Gasteiger partial charge is 0.302 e. The number of aromatic nitrogens is 1. The summed E-state index contributed by atoms with van der Waals surface area (Å²) in [5.41, 5.74) is 6.45. The van der Waals surface area contributed by atoms with E-state index >= 15 is 0 Å². The quantitative estimate of drug-likeness (QED) is 0.864. The second-order valence-electron chi connectivity index (χ2n) is 5.12. The van der Waals surface area contributed by atoms with Gasteiger partial charge in [0.25, 0.3) is 0 Å². The molecular formula is C14H18N4. The van der Waals surface area contributed by atoms with E-state index in [1.165, 1.54) is 36.9 Å². The number of piperidine rings is 1. The lowest BCUT2D eigenvalue weighted by atomic mass is 10.1. The Morgan fingerprint density at radius 2 is 2.00 bits per heavy atom. The summed E-state index contributed by atoms with van der Waals surface area (Å²) < 4.78 is 0. The summed E-state index contributed by atoms with van der Waals surface area (Å²) in [5.74, 6) is 0.750. The highest BCUT2D eigenvalue weighted by Crippen LogP contribution is 2.25. The van der Waals surface area contributed by atoms with E-state index in [0.29, 0.717) is 5.56 Å². The average Bonchev–Trinajstić information content (AvgIpc) is 2.86. The summed E-state index contributed by atoms with van der Waals surface area (Å²) >= 11 is 0. The van der Waals surface area contributed by atoms with Crippen LogP contribution in [0.2, 0.25) is 0 Å². The third kappa shape index (κ3) is 2.19. The van der Waals surface area contributed by atoms with Crippen LogP contribution in [0.3, 0.4) is 0 Å². The van der Waals surface area contributed by atoms with Crippen molar-refractivity contribution in [3.63, 3.8) is 0 Å². The zero-order valence-corrected chi connectivity index (χ0v) is 10.6. The van der Waals surface area contributed by atoms with Crippen molar-refractivity contribution in [1.82, 2.24) is 9.99 Å². The van der Waals surface area contributed by atoms with E-state index in [9.17, 15) is 5.26 Å². The Kier molecular flexibility index (Phi) is 3.16. The van der Waals surface area contributed by atoms with Crippen molar-refractivity contribution >= 4 is 5.82 Å². The van der Waals surface area contributed by atoms with Gasteiger partial charge in [0, 0.05) is 18.8 Å². The van der Waals surface area contributed by atoms with Crippen LogP contribution in [0.5, 0.6) is 0 Å². The van der Waals surface area contributed by atoms with Gasteiger partial charge in [-0.25, -0.2) is 9.99 Å². The number of nitriles is 1. The van der Waals surface area contributed by atoms with E-state index in [1.54, 1.807) is 0 Å². The number of nitrogens with zero attached hydrogens (tertiary/aromatic N) is 3. The number of nitrogens with one attached hydrogen (secondary N) is 1. The highest BCUT2D eigenvalue weighted by atomic mass is 15.5. The van der Waals surface area contributed by atoms with Crippen molar-refractivity contribution in [2.75, 3.05) is 18.5 Å². The van der Waals surface area contributed by atoms with E-state index < -0.39 is 0 Å². The summed E-state index contributed by atoms with van der Waals surface area (Å²) in [6, 6.07) is 4.28. The predicted molar refractivity (Wildman–Crippen MR) is 70.0 cm³/mol. The van der Waals surface area contributed by atoms with Crippen molar-refractivity contribution in [2.24, 2.45) is 0 Å². The summed E-state index contributed by atoms with van der Waals surface area (Å²) in [4.78, 5) is 4.64. The molecule has 1 fully saturated rings. The minimum Gasteiger partial charge on any atom is -0.302 e. The molecule has 1 aliphatic heterocycles. The smallest absolute Gasteiger partial charge is 0.158 e. The fraction of sp³-hybridized carbons (Fsp3) is 0.571. The molecule has 1 aromatic rings. The molecule has 1 N–H and O–H groups in total. The van der Waals surface area contributed by atoms with Gasteiger partial charge in [-0.3, -0.25) is 0 Å². The topological polar surface area (TPSA) is 52.0 Å². The molecule has 0 atom stereocenters. The number of anilines is 1. The van der Waals surface area contributed by atoms with E-state index in [4.69, 9.17) is 0 Å². The van der Waals surface area contributed by atoms with Crippen LogP contribution in [0.15, 0.2) is 6.07 Å². The van der Waals surface area contributed by atoms with E-state index in [2.05, 4.69) is 21.5 Å². The fourth-order valence-electron chi connectivity index (χ4n) is 2.80. The lowest BCUT2D eigenvalue weighted by molar-refractivity contribution is 0.272. The van der Waals surface area contributed by atoms with Gasteiger partial charge in [-0.05, 0) is 43.7 Å². The van der Waals surface area contributed by atoms with Crippen LogP contribution in [0.4, 0.5) is 5.82 Å². The molecule has 0 amide bonds. The number of hydrogen-bond donors (Lipinski definition) is 1. The number of hydrogen-bond acceptors (Lipinski definition) is 4. The fourth-order valence-corrected chi connectivity index (χ4v) is 2.80. The van der Waals surface area contributed by atoms with Crippen LogP contribution >= 0.6 is 0 Å². The highest BCUT2D eigenvalue weighted by molar-refractivity contribution is 5.54. The summed E-state index contributed by atoms with van der Waals surface area (Å²) in [6.45, 7) is 2.09. The van der Waals surface area contributed by atoms with Crippen molar-refractivity contribution in [1.29, 1.82) is 5.26 Å². The third-order valence-corrected chi connectivity index (χ3v) is 3.79. The lowest BCUT2D eigenvalue weighted by Crippen LogP contribution is -2.35. The van der Waals surface area contributed by atoms with Gasteiger partial charge in [0.2, 0.25) is 0 Å². The van der Waals surface area contributed by atoms with Crippen molar-refractivity contribution in [3.05, 3.63) is 22.9 Å². The third-order valence-electron chi connectivity index (χ3n) is 3.79. The molecule has 18 heavy (non-hydrogen) atoms. The number of hydrazine groups is 1. The van der Waals surface area contributed by atoms with Gasteiger partial charge in [0.05, 0.1) is 5.56 Å². The molecule has 2 aliphatic rings. The van der Waals surface area contributed by atoms with Gasteiger partial charge in [0.1, 0.15) is 6.07 Å². The Balaban J connectivity index is 1.84. The maximum Gasteiger partial charge on any atom is 0.158 e. The van der Waals surface area contributed by atoms with Gasteiger partial charge < -0.3 is 5.43 Å². The maximum absolute atomic E-state index is 9.23. The zero-order chi connectivity index (χ0) is 12.4. The van der Waals surface area contributed by atoms with Crippen molar-refractivity contribution < 1.29 is 0 Å². The van der Waals surface area contributed by atoms with Crippen LogP contribution < -0.4 is 5.43 Å². The minimum atomic E-state index is 0.682. The molecule has 4 nitrogen and oxygen atoms in total. The molecule has 4 heteroatoms. The minimum absolute atomic E-state index is 0.682. The van der Waals surface area contributed by atoms with Crippen LogP contribution in [0, 0.1) is 11.3 Å². The van der Waals surface area contributed by atoms with Gasteiger partial charge in [-0.1, -0.05) is 6.42 Å². The number of rotatable bonds is 2. The second kappa shape index (κ2) is 4.95. The van der Waals surface area contributed by atoms with Gasteiger partial charge in [-0.2, -0.15) is 5.26 Å². The Morgan fingerprint density at radius 1 is 1.17 bits per heavy atom. The van der Waals surface area contributed by atoms with Crippen LogP contribution in [-0.2, 0) is 12.8 Å². The van der Waals surface area contributed by atoms with E-state index in [-0.39, 0.29) is 0 Å². The van der Waals surface area contributed by atoms with Crippen molar-refractivity contribution in [3.8, 4) is 6.07 Å². The first-order chi connectivity index (χ1) is 8.86. The normalized spacial score (nSPS) is 19.3. The molecule has 2 heterocycles. The number of pyridine rings is 1. The van der Waals surface area contributed by atoms with E-state index in [0.717, 1.165) is 31.7 Å². The molecule has 0 unspecified atom stereocenters.